The van der Waals surface area contributed by atoms with Gasteiger partial charge in [-0.15, -0.1) is 0 Å². The van der Waals surface area contributed by atoms with E-state index in [9.17, 15) is 4.79 Å². The predicted octanol–water partition coefficient (Wildman–Crippen LogP) is 3.80. The molecule has 1 fully saturated rings. The van der Waals surface area contributed by atoms with Gasteiger partial charge in [0.25, 0.3) is 0 Å². The number of carbonyl (C=O) groups excluding carboxylic acids is 1. The van der Waals surface area contributed by atoms with Gasteiger partial charge in [0.2, 0.25) is 6.41 Å². The van der Waals surface area contributed by atoms with Gasteiger partial charge in [-0.3, -0.25) is 4.79 Å². The van der Waals surface area contributed by atoms with Crippen molar-refractivity contribution < 1.29 is 14.3 Å². The number of amides is 1. The van der Waals surface area contributed by atoms with Crippen molar-refractivity contribution in [2.75, 3.05) is 20.2 Å². The van der Waals surface area contributed by atoms with Crippen molar-refractivity contribution >= 4 is 6.41 Å². The highest BCUT2D eigenvalue weighted by atomic mass is 16.5. The van der Waals surface area contributed by atoms with Crippen LogP contribution < -0.4 is 0 Å². The lowest BCUT2D eigenvalue weighted by Gasteiger charge is -2.17. The van der Waals surface area contributed by atoms with E-state index < -0.39 is 0 Å². The minimum atomic E-state index is 0.275. The number of hydrogen-bond acceptors (Lipinski definition) is 3. The van der Waals surface area contributed by atoms with E-state index >= 15 is 0 Å². The summed E-state index contributed by atoms with van der Waals surface area (Å²) >= 11 is 0. The Morgan fingerprint density at radius 1 is 1.32 bits per heavy atom. The fourth-order valence-corrected chi connectivity index (χ4v) is 2.52. The Morgan fingerprint density at radius 3 is 2.50 bits per heavy atom. The number of ether oxygens (including phenoxy) is 2. The molecule has 22 heavy (non-hydrogen) atoms. The first-order valence-electron chi connectivity index (χ1n) is 8.08. The largest absolute Gasteiger partial charge is 0.493 e. The van der Waals surface area contributed by atoms with Crippen molar-refractivity contribution in [2.45, 2.75) is 52.1 Å². The van der Waals surface area contributed by atoms with Gasteiger partial charge in [0, 0.05) is 13.1 Å². The van der Waals surface area contributed by atoms with Crippen molar-refractivity contribution in [3.05, 3.63) is 35.8 Å². The third-order valence-corrected chi connectivity index (χ3v) is 3.97. The van der Waals surface area contributed by atoms with E-state index in [0.29, 0.717) is 18.1 Å². The van der Waals surface area contributed by atoms with Gasteiger partial charge in [-0.1, -0.05) is 12.2 Å². The highest BCUT2D eigenvalue weighted by Gasteiger charge is 2.18. The summed E-state index contributed by atoms with van der Waals surface area (Å²) in [6.07, 6.45) is 10.3. The average molecular weight is 307 g/mol. The van der Waals surface area contributed by atoms with Gasteiger partial charge in [0.1, 0.15) is 0 Å². The first kappa shape index (κ1) is 18.3. The smallest absolute Gasteiger partial charge is 0.209 e. The molecule has 1 amide bonds. The highest BCUT2D eigenvalue weighted by Crippen LogP contribution is 2.25. The van der Waals surface area contributed by atoms with Crippen LogP contribution >= 0.6 is 0 Å². The van der Waals surface area contributed by atoms with E-state index in [1.165, 1.54) is 12.8 Å². The van der Waals surface area contributed by atoms with Crippen LogP contribution in [0.4, 0.5) is 0 Å². The first-order valence-corrected chi connectivity index (χ1v) is 8.08. The molecule has 0 unspecified atom stereocenters. The number of rotatable bonds is 10. The zero-order chi connectivity index (χ0) is 16.4. The average Bonchev–Trinajstić information content (AvgIpc) is 3.04. The molecule has 0 heterocycles. The molecule has 1 rings (SSSR count). The second kappa shape index (κ2) is 10.1. The maximum atomic E-state index is 10.8. The van der Waals surface area contributed by atoms with E-state index in [4.69, 9.17) is 9.47 Å². The van der Waals surface area contributed by atoms with Crippen molar-refractivity contribution in [3.63, 3.8) is 0 Å². The molecular weight excluding hydrogens is 278 g/mol. The molecule has 0 N–H and O–H groups in total. The standard InChI is InChI=1S/C18H29NO3/c1-5-17(22-16-9-7-8-10-16)18(21-4)13-15(3)11-12-19(6-2)14-20/h5,13-14,16H,1,6-12H2,2-4H3/b15-13+,18-17-. The zero-order valence-corrected chi connectivity index (χ0v) is 14.1. The summed E-state index contributed by atoms with van der Waals surface area (Å²) < 4.78 is 11.5. The number of nitrogens with zero attached hydrogens (tertiary/aromatic N) is 1. The van der Waals surface area contributed by atoms with Crippen molar-refractivity contribution in [1.29, 1.82) is 0 Å². The van der Waals surface area contributed by atoms with Crippen molar-refractivity contribution in [1.82, 2.24) is 4.90 Å². The van der Waals surface area contributed by atoms with E-state index in [-0.39, 0.29) is 6.10 Å². The normalized spacial score (nSPS) is 17.0. The minimum Gasteiger partial charge on any atom is -0.493 e. The van der Waals surface area contributed by atoms with Crippen LogP contribution in [0, 0.1) is 0 Å². The first-order chi connectivity index (χ1) is 10.6. The molecule has 0 aromatic heterocycles. The van der Waals surface area contributed by atoms with E-state index in [0.717, 1.165) is 37.8 Å². The molecule has 0 bridgehead atoms. The fourth-order valence-electron chi connectivity index (χ4n) is 2.52. The van der Waals surface area contributed by atoms with Gasteiger partial charge >= 0.3 is 0 Å². The lowest BCUT2D eigenvalue weighted by atomic mass is 10.1. The molecule has 4 nitrogen and oxygen atoms in total. The van der Waals surface area contributed by atoms with Crippen LogP contribution in [0.2, 0.25) is 0 Å². The Morgan fingerprint density at radius 2 is 2.00 bits per heavy atom. The summed E-state index contributed by atoms with van der Waals surface area (Å²) in [6, 6.07) is 0. The molecule has 124 valence electrons. The SMILES string of the molecule is C=C/C(OC1CCCC1)=C(\C=C(/C)CCN(C=O)CC)OC. The summed E-state index contributed by atoms with van der Waals surface area (Å²) in [5, 5.41) is 0. The van der Waals surface area contributed by atoms with Crippen LogP contribution in [0.1, 0.15) is 46.0 Å². The van der Waals surface area contributed by atoms with Crippen LogP contribution in [-0.4, -0.2) is 37.6 Å². The van der Waals surface area contributed by atoms with E-state index in [2.05, 4.69) is 6.58 Å². The summed E-state index contributed by atoms with van der Waals surface area (Å²) in [5.41, 5.74) is 1.14. The molecule has 0 atom stereocenters. The number of carbonyl (C=O) groups is 1. The second-order valence-corrected chi connectivity index (χ2v) is 5.64. The van der Waals surface area contributed by atoms with E-state index in [1.807, 2.05) is 19.9 Å². The number of methoxy groups -OCH3 is 1. The van der Waals surface area contributed by atoms with Gasteiger partial charge in [0.05, 0.1) is 13.2 Å². The minimum absolute atomic E-state index is 0.275. The van der Waals surface area contributed by atoms with E-state index in [1.54, 1.807) is 18.1 Å². The Balaban J connectivity index is 2.72. The monoisotopic (exact) mass is 307 g/mol. The third-order valence-electron chi connectivity index (χ3n) is 3.97. The van der Waals surface area contributed by atoms with Crippen LogP contribution in [0.15, 0.2) is 35.8 Å². The van der Waals surface area contributed by atoms with Crippen molar-refractivity contribution in [2.24, 2.45) is 0 Å². The van der Waals surface area contributed by atoms with Crippen molar-refractivity contribution in [3.8, 4) is 0 Å². The summed E-state index contributed by atoms with van der Waals surface area (Å²) in [7, 11) is 1.64. The van der Waals surface area contributed by atoms with Crippen LogP contribution in [-0.2, 0) is 14.3 Å². The summed E-state index contributed by atoms with van der Waals surface area (Å²) in [5.74, 6) is 1.41. The molecular formula is C18H29NO3. The molecule has 0 saturated heterocycles. The van der Waals surface area contributed by atoms with Gasteiger partial charge in [-0.25, -0.2) is 0 Å². The molecule has 4 heteroatoms. The van der Waals surface area contributed by atoms with Gasteiger partial charge in [0.15, 0.2) is 11.5 Å². The summed E-state index contributed by atoms with van der Waals surface area (Å²) in [6.45, 7) is 9.28. The predicted molar refractivity (Wildman–Crippen MR) is 89.3 cm³/mol. The fraction of sp³-hybridized carbons (Fsp3) is 0.611. The molecule has 1 aliphatic rings. The number of hydrogen-bond donors (Lipinski definition) is 0. The molecule has 1 saturated carbocycles. The second-order valence-electron chi connectivity index (χ2n) is 5.64. The zero-order valence-electron chi connectivity index (χ0n) is 14.1. The van der Waals surface area contributed by atoms with Gasteiger partial charge in [-0.2, -0.15) is 0 Å². The summed E-state index contributed by atoms with van der Waals surface area (Å²) in [4.78, 5) is 12.6. The number of allylic oxidation sites excluding steroid dienone is 2. The lowest BCUT2D eigenvalue weighted by molar-refractivity contribution is -0.117. The topological polar surface area (TPSA) is 38.8 Å². The molecule has 0 aromatic rings. The highest BCUT2D eigenvalue weighted by molar-refractivity contribution is 5.46. The van der Waals surface area contributed by atoms with Gasteiger partial charge < -0.3 is 14.4 Å². The Kier molecular flexibility index (Phi) is 8.41. The Bertz CT molecular complexity index is 420. The van der Waals surface area contributed by atoms with Crippen LogP contribution in [0.5, 0.6) is 0 Å². The molecule has 1 aliphatic carbocycles. The van der Waals surface area contributed by atoms with Crippen LogP contribution in [0.25, 0.3) is 0 Å². The quantitative estimate of drug-likeness (QED) is 0.350. The third kappa shape index (κ3) is 5.96. The molecule has 0 aliphatic heterocycles. The lowest BCUT2D eigenvalue weighted by Crippen LogP contribution is -2.22. The Labute approximate surface area is 134 Å². The maximum absolute atomic E-state index is 10.8. The molecule has 0 radical (unpaired) electrons. The van der Waals surface area contributed by atoms with Crippen LogP contribution in [0.3, 0.4) is 0 Å². The molecule has 0 spiro atoms. The Hall–Kier alpha value is -1.71. The molecule has 0 aromatic carbocycles. The van der Waals surface area contributed by atoms with Gasteiger partial charge in [-0.05, 0) is 58.1 Å². The maximum Gasteiger partial charge on any atom is 0.209 e.